The topological polar surface area (TPSA) is 96.5 Å². The van der Waals surface area contributed by atoms with Crippen LogP contribution in [0.15, 0.2) is 54.6 Å². The average molecular weight is 341 g/mol. The summed E-state index contributed by atoms with van der Waals surface area (Å²) in [7, 11) is 0. The zero-order chi connectivity index (χ0) is 18.1. The highest BCUT2D eigenvalue weighted by atomic mass is 16.5. The fourth-order valence-electron chi connectivity index (χ4n) is 1.98. The van der Waals surface area contributed by atoms with Crippen LogP contribution in [0.2, 0.25) is 0 Å². The number of carbonyl (C=O) groups is 3. The van der Waals surface area contributed by atoms with Crippen LogP contribution in [-0.4, -0.2) is 31.1 Å². The molecule has 3 amide bonds. The SMILES string of the molecule is CCOC(=O)Nc1ccc(NC(=O)CNC(=O)c2ccccc2)cc1. The molecule has 3 N–H and O–H groups in total. The number of hydrogen-bond donors (Lipinski definition) is 3. The van der Waals surface area contributed by atoms with Gasteiger partial charge in [-0.25, -0.2) is 4.79 Å². The lowest BCUT2D eigenvalue weighted by molar-refractivity contribution is -0.115. The van der Waals surface area contributed by atoms with Gasteiger partial charge in [-0.2, -0.15) is 0 Å². The third-order valence-corrected chi connectivity index (χ3v) is 3.14. The van der Waals surface area contributed by atoms with Crippen molar-refractivity contribution in [1.82, 2.24) is 5.32 Å². The standard InChI is InChI=1S/C18H19N3O4/c1-2-25-18(24)21-15-10-8-14(9-11-15)20-16(22)12-19-17(23)13-6-4-3-5-7-13/h3-11H,2,12H2,1H3,(H,19,23)(H,20,22)(H,21,24). The first-order valence-electron chi connectivity index (χ1n) is 7.75. The van der Waals surface area contributed by atoms with Crippen LogP contribution >= 0.6 is 0 Å². The van der Waals surface area contributed by atoms with Crippen molar-refractivity contribution in [2.24, 2.45) is 0 Å². The number of carbonyl (C=O) groups excluding carboxylic acids is 3. The lowest BCUT2D eigenvalue weighted by Gasteiger charge is -2.09. The maximum absolute atomic E-state index is 11.9. The van der Waals surface area contributed by atoms with Gasteiger partial charge in [-0.15, -0.1) is 0 Å². The molecule has 0 fully saturated rings. The summed E-state index contributed by atoms with van der Waals surface area (Å²) in [6.45, 7) is 1.86. The molecule has 2 aromatic carbocycles. The Morgan fingerprint density at radius 3 is 2.08 bits per heavy atom. The van der Waals surface area contributed by atoms with Gasteiger partial charge in [0, 0.05) is 16.9 Å². The second-order valence-corrected chi connectivity index (χ2v) is 5.02. The second-order valence-electron chi connectivity index (χ2n) is 5.02. The molecule has 0 heterocycles. The fourth-order valence-corrected chi connectivity index (χ4v) is 1.98. The molecule has 0 atom stereocenters. The van der Waals surface area contributed by atoms with Crippen LogP contribution in [0, 0.1) is 0 Å². The van der Waals surface area contributed by atoms with Crippen LogP contribution in [-0.2, 0) is 9.53 Å². The highest BCUT2D eigenvalue weighted by molar-refractivity contribution is 5.99. The van der Waals surface area contributed by atoms with E-state index in [4.69, 9.17) is 4.74 Å². The van der Waals surface area contributed by atoms with Gasteiger partial charge in [-0.1, -0.05) is 18.2 Å². The van der Waals surface area contributed by atoms with Gasteiger partial charge in [0.15, 0.2) is 0 Å². The van der Waals surface area contributed by atoms with E-state index in [0.29, 0.717) is 16.9 Å². The molecule has 0 radical (unpaired) electrons. The molecule has 0 unspecified atom stereocenters. The molecule has 25 heavy (non-hydrogen) atoms. The normalized spacial score (nSPS) is 9.80. The second kappa shape index (κ2) is 9.07. The van der Waals surface area contributed by atoms with E-state index in [1.165, 1.54) is 0 Å². The quantitative estimate of drug-likeness (QED) is 0.752. The van der Waals surface area contributed by atoms with E-state index in [9.17, 15) is 14.4 Å². The highest BCUT2D eigenvalue weighted by Crippen LogP contribution is 2.13. The van der Waals surface area contributed by atoms with E-state index in [2.05, 4.69) is 16.0 Å². The summed E-state index contributed by atoms with van der Waals surface area (Å²) < 4.78 is 4.77. The van der Waals surface area contributed by atoms with Crippen molar-refractivity contribution >= 4 is 29.3 Å². The fraction of sp³-hybridized carbons (Fsp3) is 0.167. The first-order chi connectivity index (χ1) is 12.1. The first kappa shape index (κ1) is 18.0. The summed E-state index contributed by atoms with van der Waals surface area (Å²) >= 11 is 0. The maximum atomic E-state index is 11.9. The maximum Gasteiger partial charge on any atom is 0.411 e. The molecule has 0 bridgehead atoms. The van der Waals surface area contributed by atoms with Crippen LogP contribution in [0.4, 0.5) is 16.2 Å². The first-order valence-corrected chi connectivity index (χ1v) is 7.75. The van der Waals surface area contributed by atoms with Crippen molar-refractivity contribution in [2.45, 2.75) is 6.92 Å². The Bertz CT molecular complexity index is 730. The van der Waals surface area contributed by atoms with E-state index < -0.39 is 6.09 Å². The summed E-state index contributed by atoms with van der Waals surface area (Å²) in [5, 5.41) is 7.75. The minimum absolute atomic E-state index is 0.142. The molecular formula is C18H19N3O4. The molecule has 0 saturated carbocycles. The molecule has 0 spiro atoms. The minimum atomic E-state index is -0.539. The summed E-state index contributed by atoms with van der Waals surface area (Å²) in [5.74, 6) is -0.667. The van der Waals surface area contributed by atoms with Crippen LogP contribution in [0.3, 0.4) is 0 Å². The number of hydrogen-bond acceptors (Lipinski definition) is 4. The van der Waals surface area contributed by atoms with Crippen molar-refractivity contribution in [3.63, 3.8) is 0 Å². The van der Waals surface area contributed by atoms with Gasteiger partial charge in [-0.3, -0.25) is 14.9 Å². The lowest BCUT2D eigenvalue weighted by atomic mass is 10.2. The summed E-state index contributed by atoms with van der Waals surface area (Å²) in [6, 6.07) is 15.2. The molecule has 0 aliphatic heterocycles. The third-order valence-electron chi connectivity index (χ3n) is 3.14. The predicted molar refractivity (Wildman–Crippen MR) is 94.5 cm³/mol. The van der Waals surface area contributed by atoms with Gasteiger partial charge >= 0.3 is 6.09 Å². The molecule has 0 aromatic heterocycles. The van der Waals surface area contributed by atoms with Crippen molar-refractivity contribution in [2.75, 3.05) is 23.8 Å². The largest absolute Gasteiger partial charge is 0.450 e. The number of nitrogens with one attached hydrogen (secondary N) is 3. The van der Waals surface area contributed by atoms with Gasteiger partial charge in [0.25, 0.3) is 5.91 Å². The molecule has 0 saturated heterocycles. The average Bonchev–Trinajstić information content (AvgIpc) is 2.62. The monoisotopic (exact) mass is 341 g/mol. The number of ether oxygens (including phenoxy) is 1. The zero-order valence-electron chi connectivity index (χ0n) is 13.7. The van der Waals surface area contributed by atoms with Crippen molar-refractivity contribution in [3.05, 3.63) is 60.2 Å². The minimum Gasteiger partial charge on any atom is -0.450 e. The summed E-state index contributed by atoms with van der Waals surface area (Å²) in [4.78, 5) is 35.0. The number of rotatable bonds is 6. The van der Waals surface area contributed by atoms with Gasteiger partial charge in [0.05, 0.1) is 13.2 Å². The predicted octanol–water partition coefficient (Wildman–Crippen LogP) is 2.62. The number of benzene rings is 2. The van der Waals surface area contributed by atoms with Crippen molar-refractivity contribution in [3.8, 4) is 0 Å². The molecule has 7 nitrogen and oxygen atoms in total. The van der Waals surface area contributed by atoms with E-state index in [0.717, 1.165) is 0 Å². The Hall–Kier alpha value is -3.35. The summed E-state index contributed by atoms with van der Waals surface area (Å²) in [6.07, 6.45) is -0.539. The molecule has 2 rings (SSSR count). The van der Waals surface area contributed by atoms with Crippen LogP contribution < -0.4 is 16.0 Å². The highest BCUT2D eigenvalue weighted by Gasteiger charge is 2.08. The summed E-state index contributed by atoms with van der Waals surface area (Å²) in [5.41, 5.74) is 1.59. The van der Waals surface area contributed by atoms with Gasteiger partial charge in [-0.05, 0) is 43.3 Å². The molecule has 7 heteroatoms. The Kier molecular flexibility index (Phi) is 6.53. The Morgan fingerprint density at radius 2 is 1.48 bits per heavy atom. The van der Waals surface area contributed by atoms with Gasteiger partial charge < -0.3 is 15.4 Å². The number of anilines is 2. The van der Waals surface area contributed by atoms with Gasteiger partial charge in [0.1, 0.15) is 0 Å². The number of amides is 3. The van der Waals surface area contributed by atoms with E-state index in [-0.39, 0.29) is 25.0 Å². The van der Waals surface area contributed by atoms with Gasteiger partial charge in [0.2, 0.25) is 5.91 Å². The zero-order valence-corrected chi connectivity index (χ0v) is 13.7. The van der Waals surface area contributed by atoms with Crippen LogP contribution in [0.5, 0.6) is 0 Å². The molecule has 0 aliphatic carbocycles. The van der Waals surface area contributed by atoms with E-state index in [1.54, 1.807) is 55.5 Å². The lowest BCUT2D eigenvalue weighted by Crippen LogP contribution is -2.32. The van der Waals surface area contributed by atoms with Crippen molar-refractivity contribution in [1.29, 1.82) is 0 Å². The Balaban J connectivity index is 1.80. The molecule has 0 aliphatic rings. The van der Waals surface area contributed by atoms with E-state index >= 15 is 0 Å². The molecule has 2 aromatic rings. The van der Waals surface area contributed by atoms with Crippen LogP contribution in [0.1, 0.15) is 17.3 Å². The molecular weight excluding hydrogens is 322 g/mol. The molecule has 130 valence electrons. The van der Waals surface area contributed by atoms with E-state index in [1.807, 2.05) is 6.07 Å². The van der Waals surface area contributed by atoms with Crippen LogP contribution in [0.25, 0.3) is 0 Å². The van der Waals surface area contributed by atoms with Crippen molar-refractivity contribution < 1.29 is 19.1 Å². The Morgan fingerprint density at radius 1 is 0.880 bits per heavy atom. The third kappa shape index (κ3) is 5.98. The smallest absolute Gasteiger partial charge is 0.411 e. The Labute approximate surface area is 145 Å².